The molecule has 2 aromatic rings. The quantitative estimate of drug-likeness (QED) is 0.890. The van der Waals surface area contributed by atoms with Gasteiger partial charge in [-0.3, -0.25) is 9.78 Å². The predicted octanol–water partition coefficient (Wildman–Crippen LogP) is 3.00. The average molecular weight is 305 g/mol. The van der Waals surface area contributed by atoms with Crippen LogP contribution in [-0.2, 0) is 11.2 Å². The van der Waals surface area contributed by atoms with Gasteiger partial charge >= 0.3 is 5.97 Å². The van der Waals surface area contributed by atoms with Crippen LogP contribution in [0.3, 0.4) is 0 Å². The molecule has 2 N–H and O–H groups in total. The molecule has 0 atom stereocenters. The third-order valence-electron chi connectivity index (χ3n) is 2.87. The maximum atomic E-state index is 11.8. The molecule has 0 bridgehead atoms. The molecular formula is C15H13ClN2O3. The minimum atomic E-state index is -1.13. The zero-order valence-electron chi connectivity index (χ0n) is 11.0. The molecule has 0 saturated carbocycles. The smallest absolute Gasteiger partial charge is 0.337 e. The zero-order chi connectivity index (χ0) is 15.2. The first-order valence-electron chi connectivity index (χ1n) is 6.28. The molecule has 0 aliphatic carbocycles. The number of carbonyl (C=O) groups excluding carboxylic acids is 1. The Balaban J connectivity index is 1.97. The molecule has 21 heavy (non-hydrogen) atoms. The maximum absolute atomic E-state index is 11.8. The second-order valence-corrected chi connectivity index (χ2v) is 4.81. The van der Waals surface area contributed by atoms with E-state index < -0.39 is 5.97 Å². The lowest BCUT2D eigenvalue weighted by molar-refractivity contribution is -0.116. The number of nitrogens with one attached hydrogen (secondary N) is 1. The first-order chi connectivity index (χ1) is 10.1. The summed E-state index contributed by atoms with van der Waals surface area (Å²) in [7, 11) is 0. The monoisotopic (exact) mass is 304 g/mol. The number of carboxylic acids is 1. The molecule has 0 saturated heterocycles. The van der Waals surface area contributed by atoms with E-state index in [2.05, 4.69) is 10.3 Å². The predicted molar refractivity (Wildman–Crippen MR) is 79.6 cm³/mol. The van der Waals surface area contributed by atoms with Gasteiger partial charge in [-0.1, -0.05) is 11.6 Å². The van der Waals surface area contributed by atoms with Crippen molar-refractivity contribution in [1.29, 1.82) is 0 Å². The van der Waals surface area contributed by atoms with Crippen molar-refractivity contribution in [3.05, 3.63) is 58.9 Å². The maximum Gasteiger partial charge on any atom is 0.337 e. The fourth-order valence-electron chi connectivity index (χ4n) is 1.80. The molecule has 2 rings (SSSR count). The van der Waals surface area contributed by atoms with Crippen molar-refractivity contribution in [2.75, 3.05) is 5.32 Å². The van der Waals surface area contributed by atoms with Gasteiger partial charge in [-0.25, -0.2) is 4.79 Å². The van der Waals surface area contributed by atoms with Crippen LogP contribution >= 0.6 is 11.6 Å². The third kappa shape index (κ3) is 4.29. The molecule has 0 aliphatic rings. The summed E-state index contributed by atoms with van der Waals surface area (Å²) in [5, 5.41) is 11.8. The summed E-state index contributed by atoms with van der Waals surface area (Å²) in [5.41, 5.74) is 1.39. The SMILES string of the molecule is O=C(CCc1ccncc1)Nc1ccc(Cl)c(C(=O)O)c1. The topological polar surface area (TPSA) is 79.3 Å². The number of aromatic nitrogens is 1. The summed E-state index contributed by atoms with van der Waals surface area (Å²) in [6.07, 6.45) is 4.24. The molecule has 1 aromatic heterocycles. The van der Waals surface area contributed by atoms with Crippen LogP contribution in [0.25, 0.3) is 0 Å². The highest BCUT2D eigenvalue weighted by atomic mass is 35.5. The number of carboxylic acid groups (broad SMARTS) is 1. The van der Waals surface area contributed by atoms with E-state index in [4.69, 9.17) is 16.7 Å². The van der Waals surface area contributed by atoms with Gasteiger partial charge in [-0.2, -0.15) is 0 Å². The van der Waals surface area contributed by atoms with E-state index in [0.29, 0.717) is 18.5 Å². The van der Waals surface area contributed by atoms with Crippen LogP contribution in [0.2, 0.25) is 5.02 Å². The van der Waals surface area contributed by atoms with Crippen LogP contribution < -0.4 is 5.32 Å². The first-order valence-corrected chi connectivity index (χ1v) is 6.65. The standard InChI is InChI=1S/C15H13ClN2O3/c16-13-3-2-11(9-12(13)15(20)21)18-14(19)4-1-10-5-7-17-8-6-10/h2-3,5-9H,1,4H2,(H,18,19)(H,20,21). The van der Waals surface area contributed by atoms with Crippen molar-refractivity contribution in [2.45, 2.75) is 12.8 Å². The van der Waals surface area contributed by atoms with Crippen LogP contribution in [-0.4, -0.2) is 22.0 Å². The minimum Gasteiger partial charge on any atom is -0.478 e. The van der Waals surface area contributed by atoms with Crippen molar-refractivity contribution in [2.24, 2.45) is 0 Å². The van der Waals surface area contributed by atoms with Crippen LogP contribution in [0, 0.1) is 0 Å². The molecule has 1 aromatic carbocycles. The molecule has 1 amide bonds. The van der Waals surface area contributed by atoms with Gasteiger partial charge in [-0.15, -0.1) is 0 Å². The molecule has 6 heteroatoms. The normalized spacial score (nSPS) is 10.1. The number of rotatable bonds is 5. The van der Waals surface area contributed by atoms with Gasteiger partial charge in [0.25, 0.3) is 0 Å². The summed E-state index contributed by atoms with van der Waals surface area (Å²) in [6.45, 7) is 0. The Morgan fingerprint density at radius 2 is 1.90 bits per heavy atom. The second kappa shape index (κ2) is 6.85. The number of pyridine rings is 1. The van der Waals surface area contributed by atoms with E-state index in [-0.39, 0.29) is 16.5 Å². The molecule has 0 aliphatic heterocycles. The number of aryl methyl sites for hydroxylation is 1. The molecule has 108 valence electrons. The average Bonchev–Trinajstić information content (AvgIpc) is 2.48. The Morgan fingerprint density at radius 3 is 2.57 bits per heavy atom. The van der Waals surface area contributed by atoms with Gasteiger partial charge in [0.05, 0.1) is 10.6 Å². The van der Waals surface area contributed by atoms with Crippen LogP contribution in [0.5, 0.6) is 0 Å². The summed E-state index contributed by atoms with van der Waals surface area (Å²) >= 11 is 5.77. The highest BCUT2D eigenvalue weighted by Crippen LogP contribution is 2.20. The number of hydrogen-bond donors (Lipinski definition) is 2. The lowest BCUT2D eigenvalue weighted by Gasteiger charge is -2.07. The lowest BCUT2D eigenvalue weighted by Crippen LogP contribution is -2.13. The van der Waals surface area contributed by atoms with Crippen molar-refractivity contribution in [3.8, 4) is 0 Å². The number of aromatic carboxylic acids is 1. The molecule has 0 unspecified atom stereocenters. The number of hydrogen-bond acceptors (Lipinski definition) is 3. The molecular weight excluding hydrogens is 292 g/mol. The van der Waals surface area contributed by atoms with E-state index >= 15 is 0 Å². The van der Waals surface area contributed by atoms with Gasteiger partial charge in [-0.05, 0) is 42.3 Å². The van der Waals surface area contributed by atoms with Gasteiger partial charge < -0.3 is 10.4 Å². The zero-order valence-corrected chi connectivity index (χ0v) is 11.8. The Bertz CT molecular complexity index is 659. The summed E-state index contributed by atoms with van der Waals surface area (Å²) in [5.74, 6) is -1.32. The van der Waals surface area contributed by atoms with E-state index in [1.165, 1.54) is 12.1 Å². The van der Waals surface area contributed by atoms with Crippen molar-refractivity contribution in [1.82, 2.24) is 4.98 Å². The van der Waals surface area contributed by atoms with E-state index in [1.807, 2.05) is 12.1 Å². The van der Waals surface area contributed by atoms with Gasteiger partial charge in [0, 0.05) is 24.5 Å². The van der Waals surface area contributed by atoms with Gasteiger partial charge in [0.1, 0.15) is 0 Å². The fourth-order valence-corrected chi connectivity index (χ4v) is 2.00. The van der Waals surface area contributed by atoms with Gasteiger partial charge in [0.2, 0.25) is 5.91 Å². The summed E-state index contributed by atoms with van der Waals surface area (Å²) in [4.78, 5) is 26.7. The van der Waals surface area contributed by atoms with Crippen molar-refractivity contribution in [3.63, 3.8) is 0 Å². The van der Waals surface area contributed by atoms with E-state index in [1.54, 1.807) is 18.5 Å². The number of nitrogens with zero attached hydrogens (tertiary/aromatic N) is 1. The van der Waals surface area contributed by atoms with E-state index in [0.717, 1.165) is 5.56 Å². The highest BCUT2D eigenvalue weighted by Gasteiger charge is 2.10. The minimum absolute atomic E-state index is 0.0383. The number of amides is 1. The largest absolute Gasteiger partial charge is 0.478 e. The number of benzene rings is 1. The molecule has 5 nitrogen and oxygen atoms in total. The Kier molecular flexibility index (Phi) is 4.90. The summed E-state index contributed by atoms with van der Waals surface area (Å²) < 4.78 is 0. The summed E-state index contributed by atoms with van der Waals surface area (Å²) in [6, 6.07) is 8.05. The van der Waals surface area contributed by atoms with Crippen LogP contribution in [0.15, 0.2) is 42.7 Å². The highest BCUT2D eigenvalue weighted by molar-refractivity contribution is 6.33. The Morgan fingerprint density at radius 1 is 1.19 bits per heavy atom. The van der Waals surface area contributed by atoms with Gasteiger partial charge in [0.15, 0.2) is 0 Å². The van der Waals surface area contributed by atoms with E-state index in [9.17, 15) is 9.59 Å². The van der Waals surface area contributed by atoms with Crippen LogP contribution in [0.4, 0.5) is 5.69 Å². The first kappa shape index (κ1) is 15.0. The van der Waals surface area contributed by atoms with Crippen molar-refractivity contribution >= 4 is 29.2 Å². The number of anilines is 1. The number of halogens is 1. The lowest BCUT2D eigenvalue weighted by atomic mass is 10.1. The Hall–Kier alpha value is -2.40. The third-order valence-corrected chi connectivity index (χ3v) is 3.20. The second-order valence-electron chi connectivity index (χ2n) is 4.40. The Labute approximate surface area is 126 Å². The molecule has 0 spiro atoms. The van der Waals surface area contributed by atoms with Crippen molar-refractivity contribution < 1.29 is 14.7 Å². The molecule has 1 heterocycles. The fraction of sp³-hybridized carbons (Fsp3) is 0.133. The number of carbonyl (C=O) groups is 2. The molecule has 0 radical (unpaired) electrons. The van der Waals surface area contributed by atoms with Crippen LogP contribution in [0.1, 0.15) is 22.3 Å². The molecule has 0 fully saturated rings.